The summed E-state index contributed by atoms with van der Waals surface area (Å²) in [6.07, 6.45) is -1.91. The molecular weight excluding hydrogens is 306 g/mol. The first kappa shape index (κ1) is 13.2. The van der Waals surface area contributed by atoms with Gasteiger partial charge in [-0.05, 0) is 0 Å². The van der Waals surface area contributed by atoms with Gasteiger partial charge >= 0.3 is 92.5 Å². The standard InChI is InChI=1S/C6H8O7.Sb.2H/c7-3(8)1-6(13,5(11)12)2-4(9)10;;;/h13H,1-2H2,(H,7,8)(H,9,10)(H,11,12);;;/q;+1;;/p-1. The maximum atomic E-state index is 10.7. The molecule has 1 unspecified atom stereocenters. The van der Waals surface area contributed by atoms with Gasteiger partial charge in [0.2, 0.25) is 0 Å². The van der Waals surface area contributed by atoms with E-state index in [1.165, 1.54) is 0 Å². The molecule has 0 fully saturated rings. The van der Waals surface area contributed by atoms with E-state index in [-0.39, 0.29) is 23.4 Å². The molecular formula is C6H9O7Sb. The number of carbonyl (C=O) groups is 3. The monoisotopic (exact) mass is 314 g/mol. The number of carboxylic acid groups (broad SMARTS) is 2. The fourth-order valence-corrected chi connectivity index (χ4v) is 0.982. The summed E-state index contributed by atoms with van der Waals surface area (Å²) in [5.74, 6) is -4.19. The van der Waals surface area contributed by atoms with Crippen molar-refractivity contribution in [1.29, 1.82) is 0 Å². The number of hydrogen-bond donors (Lipinski definition) is 3. The summed E-state index contributed by atoms with van der Waals surface area (Å²) in [6.45, 7) is 0. The van der Waals surface area contributed by atoms with Crippen LogP contribution in [0.1, 0.15) is 12.8 Å². The topological polar surface area (TPSA) is 121 Å². The Morgan fingerprint density at radius 3 is 2.00 bits per heavy atom. The summed E-state index contributed by atoms with van der Waals surface area (Å²) >= 11 is 0.120. The van der Waals surface area contributed by atoms with E-state index in [9.17, 15) is 19.5 Å². The van der Waals surface area contributed by atoms with Crippen molar-refractivity contribution in [3.63, 3.8) is 0 Å². The van der Waals surface area contributed by atoms with Gasteiger partial charge in [0.1, 0.15) is 0 Å². The van der Waals surface area contributed by atoms with E-state index in [2.05, 4.69) is 3.02 Å². The number of carbonyl (C=O) groups excluding carboxylic acids is 1. The molecule has 80 valence electrons. The van der Waals surface area contributed by atoms with E-state index in [1.807, 2.05) is 0 Å². The van der Waals surface area contributed by atoms with Crippen LogP contribution in [0.15, 0.2) is 0 Å². The van der Waals surface area contributed by atoms with Gasteiger partial charge in [-0.1, -0.05) is 0 Å². The van der Waals surface area contributed by atoms with Gasteiger partial charge in [-0.3, -0.25) is 0 Å². The number of hydrogen-bond acceptors (Lipinski definition) is 5. The van der Waals surface area contributed by atoms with Crippen molar-refractivity contribution in [3.8, 4) is 0 Å². The van der Waals surface area contributed by atoms with Gasteiger partial charge in [0, 0.05) is 0 Å². The molecule has 7 nitrogen and oxygen atoms in total. The predicted molar refractivity (Wildman–Crippen MR) is 44.1 cm³/mol. The van der Waals surface area contributed by atoms with Gasteiger partial charge in [-0.15, -0.1) is 0 Å². The molecule has 0 aromatic heterocycles. The quantitative estimate of drug-likeness (QED) is 0.490. The summed E-state index contributed by atoms with van der Waals surface area (Å²) in [5.41, 5.74) is -2.59. The van der Waals surface area contributed by atoms with E-state index < -0.39 is 36.4 Å². The van der Waals surface area contributed by atoms with Gasteiger partial charge in [0.05, 0.1) is 0 Å². The van der Waals surface area contributed by atoms with Gasteiger partial charge in [0.15, 0.2) is 0 Å². The molecule has 0 radical (unpaired) electrons. The Bertz CT molecular complexity index is 263. The van der Waals surface area contributed by atoms with Crippen molar-refractivity contribution >= 4 is 41.4 Å². The molecule has 0 rings (SSSR count). The molecule has 3 N–H and O–H groups in total. The molecule has 8 heteroatoms. The Morgan fingerprint density at radius 2 is 1.71 bits per heavy atom. The van der Waals surface area contributed by atoms with E-state index in [1.54, 1.807) is 0 Å². The van der Waals surface area contributed by atoms with Crippen LogP contribution in [0.2, 0.25) is 0 Å². The van der Waals surface area contributed by atoms with Gasteiger partial charge in [-0.25, -0.2) is 0 Å². The molecule has 0 bridgehead atoms. The average Bonchev–Trinajstić information content (AvgIpc) is 2.02. The fourth-order valence-electron chi connectivity index (χ4n) is 0.744. The average molecular weight is 315 g/mol. The molecule has 14 heavy (non-hydrogen) atoms. The van der Waals surface area contributed by atoms with Crippen molar-refractivity contribution in [1.82, 2.24) is 0 Å². The molecule has 0 spiro atoms. The molecule has 0 saturated carbocycles. The van der Waals surface area contributed by atoms with Crippen LogP contribution in [0.25, 0.3) is 0 Å². The van der Waals surface area contributed by atoms with Crippen LogP contribution in [-0.4, -0.2) is 62.3 Å². The second-order valence-corrected chi connectivity index (χ2v) is 3.25. The van der Waals surface area contributed by atoms with Crippen LogP contribution in [0.3, 0.4) is 0 Å². The van der Waals surface area contributed by atoms with Crippen LogP contribution >= 0.6 is 0 Å². The first-order chi connectivity index (χ1) is 6.31. The minimum absolute atomic E-state index is 0.120. The Morgan fingerprint density at radius 1 is 1.21 bits per heavy atom. The van der Waals surface area contributed by atoms with Crippen molar-refractivity contribution < 1.29 is 32.7 Å². The Labute approximate surface area is 92.7 Å². The molecule has 0 heterocycles. The molecule has 1 atom stereocenters. The van der Waals surface area contributed by atoms with Crippen molar-refractivity contribution in [2.45, 2.75) is 18.4 Å². The number of aliphatic hydroxyl groups is 1. The number of rotatable bonds is 5. The summed E-state index contributed by atoms with van der Waals surface area (Å²) in [5, 5.41) is 26.1. The summed E-state index contributed by atoms with van der Waals surface area (Å²) in [7, 11) is 0. The molecule has 0 saturated heterocycles. The van der Waals surface area contributed by atoms with Crippen LogP contribution < -0.4 is 0 Å². The van der Waals surface area contributed by atoms with E-state index in [4.69, 9.17) is 10.2 Å². The molecule has 0 aromatic rings. The van der Waals surface area contributed by atoms with Crippen LogP contribution in [-0.2, 0) is 17.4 Å². The van der Waals surface area contributed by atoms with Crippen LogP contribution in [0, 0.1) is 0 Å². The van der Waals surface area contributed by atoms with E-state index in [0.29, 0.717) is 0 Å². The van der Waals surface area contributed by atoms with Crippen LogP contribution in [0.5, 0.6) is 0 Å². The van der Waals surface area contributed by atoms with Crippen molar-refractivity contribution in [2.75, 3.05) is 0 Å². The van der Waals surface area contributed by atoms with Gasteiger partial charge < -0.3 is 0 Å². The van der Waals surface area contributed by atoms with Crippen molar-refractivity contribution in [3.05, 3.63) is 0 Å². The zero-order valence-electron chi connectivity index (χ0n) is 6.97. The van der Waals surface area contributed by atoms with Crippen LogP contribution in [0.4, 0.5) is 0 Å². The van der Waals surface area contributed by atoms with E-state index in [0.717, 1.165) is 0 Å². The molecule has 0 aromatic carbocycles. The third kappa shape index (κ3) is 3.93. The van der Waals surface area contributed by atoms with E-state index >= 15 is 0 Å². The Hall–Kier alpha value is -0.812. The summed E-state index contributed by atoms with van der Waals surface area (Å²) in [6, 6.07) is 0. The first-order valence-corrected chi connectivity index (χ1v) is 4.73. The second-order valence-electron chi connectivity index (χ2n) is 2.57. The van der Waals surface area contributed by atoms with Crippen molar-refractivity contribution in [2.24, 2.45) is 0 Å². The first-order valence-electron chi connectivity index (χ1n) is 3.39. The Kier molecular flexibility index (Phi) is 4.86. The zero-order chi connectivity index (χ0) is 11.4. The number of aliphatic carboxylic acids is 2. The molecule has 0 aliphatic carbocycles. The zero-order valence-corrected chi connectivity index (χ0v) is 10.3. The third-order valence-corrected chi connectivity index (χ3v) is 2.16. The predicted octanol–water partition coefficient (Wildman–Crippen LogP) is -2.24. The molecule has 0 aliphatic heterocycles. The normalized spacial score (nSPS) is 14.1. The third-order valence-electron chi connectivity index (χ3n) is 1.41. The molecule has 0 aliphatic rings. The Balaban J connectivity index is 4.63. The second kappa shape index (κ2) is 5.16. The molecule has 0 amide bonds. The van der Waals surface area contributed by atoms with Gasteiger partial charge in [-0.2, -0.15) is 0 Å². The SMILES string of the molecule is O=C(O)CC(O)(CC(=O)[O][SbH2])C(=O)O. The summed E-state index contributed by atoms with van der Waals surface area (Å²) < 4.78 is 4.25. The minimum atomic E-state index is -2.59. The summed E-state index contributed by atoms with van der Waals surface area (Å²) in [4.78, 5) is 31.4. The number of carboxylic acids is 2. The maximum absolute atomic E-state index is 10.7. The fraction of sp³-hybridized carbons (Fsp3) is 0.500. The van der Waals surface area contributed by atoms with Gasteiger partial charge in [0.25, 0.3) is 0 Å².